The average molecular weight is 271 g/mol. The Bertz CT molecular complexity index is 635. The van der Waals surface area contributed by atoms with Crippen LogP contribution in [0.15, 0.2) is 36.4 Å². The van der Waals surface area contributed by atoms with Gasteiger partial charge in [-0.15, -0.1) is 0 Å². The molecular formula is C16H17NO3. The van der Waals surface area contributed by atoms with Crippen molar-refractivity contribution < 1.29 is 14.6 Å². The van der Waals surface area contributed by atoms with Gasteiger partial charge < -0.3 is 15.2 Å². The minimum atomic E-state index is -0.149. The van der Waals surface area contributed by atoms with Gasteiger partial charge in [0.15, 0.2) is 18.1 Å². The molecule has 4 heteroatoms. The molecule has 1 aliphatic rings. The molecule has 2 aromatic rings. The molecular weight excluding hydrogens is 254 g/mol. The summed E-state index contributed by atoms with van der Waals surface area (Å²) in [6.07, 6.45) is 2.40. The number of phenolic OH excluding ortho intramolecular Hbond substituents is 1. The number of carbonyl (C=O) groups is 1. The van der Waals surface area contributed by atoms with Crippen molar-refractivity contribution >= 4 is 16.7 Å². The van der Waals surface area contributed by atoms with E-state index in [4.69, 9.17) is 4.74 Å². The number of carbonyl (C=O) groups excluding carboxylic acids is 1. The van der Waals surface area contributed by atoms with Crippen LogP contribution in [-0.2, 0) is 4.79 Å². The van der Waals surface area contributed by atoms with Gasteiger partial charge in [0, 0.05) is 6.54 Å². The van der Waals surface area contributed by atoms with E-state index >= 15 is 0 Å². The first kappa shape index (κ1) is 12.8. The van der Waals surface area contributed by atoms with E-state index < -0.39 is 0 Å². The summed E-state index contributed by atoms with van der Waals surface area (Å²) in [5.74, 6) is 0.890. The van der Waals surface area contributed by atoms with Crippen molar-refractivity contribution in [2.45, 2.75) is 12.8 Å². The maximum atomic E-state index is 11.6. The van der Waals surface area contributed by atoms with E-state index in [1.807, 2.05) is 24.3 Å². The smallest absolute Gasteiger partial charge is 0.257 e. The zero-order valence-corrected chi connectivity index (χ0v) is 11.1. The van der Waals surface area contributed by atoms with Crippen LogP contribution in [0.4, 0.5) is 0 Å². The maximum Gasteiger partial charge on any atom is 0.257 e. The first-order valence-corrected chi connectivity index (χ1v) is 6.83. The normalized spacial score (nSPS) is 14.2. The second kappa shape index (κ2) is 5.41. The van der Waals surface area contributed by atoms with Crippen LogP contribution >= 0.6 is 0 Å². The molecule has 2 N–H and O–H groups in total. The Balaban J connectivity index is 1.63. The average Bonchev–Trinajstić information content (AvgIpc) is 3.27. The summed E-state index contributed by atoms with van der Waals surface area (Å²) in [7, 11) is 0. The molecule has 0 atom stereocenters. The Morgan fingerprint density at radius 3 is 2.65 bits per heavy atom. The molecule has 0 aliphatic heterocycles. The van der Waals surface area contributed by atoms with Gasteiger partial charge in [-0.1, -0.05) is 24.3 Å². The largest absolute Gasteiger partial charge is 0.504 e. The van der Waals surface area contributed by atoms with Crippen molar-refractivity contribution in [1.29, 1.82) is 0 Å². The predicted molar refractivity (Wildman–Crippen MR) is 76.8 cm³/mol. The van der Waals surface area contributed by atoms with Gasteiger partial charge in [0.05, 0.1) is 0 Å². The lowest BCUT2D eigenvalue weighted by Gasteiger charge is -2.09. The zero-order valence-electron chi connectivity index (χ0n) is 11.1. The first-order chi connectivity index (χ1) is 9.72. The Morgan fingerprint density at radius 1 is 1.25 bits per heavy atom. The maximum absolute atomic E-state index is 11.6. The number of ether oxygens (including phenoxy) is 1. The topological polar surface area (TPSA) is 58.6 Å². The Morgan fingerprint density at radius 2 is 1.95 bits per heavy atom. The summed E-state index contributed by atoms with van der Waals surface area (Å²) in [5, 5.41) is 14.6. The molecule has 4 nitrogen and oxygen atoms in total. The van der Waals surface area contributed by atoms with Gasteiger partial charge in [0.2, 0.25) is 0 Å². The van der Waals surface area contributed by atoms with Gasteiger partial charge in [-0.25, -0.2) is 0 Å². The summed E-state index contributed by atoms with van der Waals surface area (Å²) in [6, 6.07) is 11.1. The van der Waals surface area contributed by atoms with E-state index in [1.54, 1.807) is 12.1 Å². The monoisotopic (exact) mass is 271 g/mol. The molecule has 0 unspecified atom stereocenters. The Kier molecular flexibility index (Phi) is 3.46. The minimum Gasteiger partial charge on any atom is -0.504 e. The predicted octanol–water partition coefficient (Wildman–Crippen LogP) is 2.45. The zero-order chi connectivity index (χ0) is 13.9. The van der Waals surface area contributed by atoms with E-state index in [0.29, 0.717) is 11.7 Å². The molecule has 1 saturated carbocycles. The molecule has 0 heterocycles. The first-order valence-electron chi connectivity index (χ1n) is 6.83. The third-order valence-electron chi connectivity index (χ3n) is 3.47. The van der Waals surface area contributed by atoms with E-state index in [2.05, 4.69) is 5.32 Å². The Hall–Kier alpha value is -2.23. The molecule has 1 aliphatic carbocycles. The highest BCUT2D eigenvalue weighted by Crippen LogP contribution is 2.31. The van der Waals surface area contributed by atoms with E-state index in [1.165, 1.54) is 12.8 Å². The molecule has 0 saturated heterocycles. The minimum absolute atomic E-state index is 0.0543. The molecule has 0 spiro atoms. The van der Waals surface area contributed by atoms with Gasteiger partial charge in [-0.2, -0.15) is 0 Å². The molecule has 1 fully saturated rings. The lowest BCUT2D eigenvalue weighted by atomic mass is 10.1. The van der Waals surface area contributed by atoms with Crippen molar-refractivity contribution in [3.8, 4) is 11.5 Å². The lowest BCUT2D eigenvalue weighted by molar-refractivity contribution is -0.123. The van der Waals surface area contributed by atoms with Crippen LogP contribution < -0.4 is 10.1 Å². The van der Waals surface area contributed by atoms with Gasteiger partial charge in [0.25, 0.3) is 5.91 Å². The molecule has 0 aromatic heterocycles. The van der Waals surface area contributed by atoms with Crippen molar-refractivity contribution in [3.05, 3.63) is 36.4 Å². The van der Waals surface area contributed by atoms with Crippen LogP contribution in [0.25, 0.3) is 10.8 Å². The molecule has 0 radical (unpaired) electrons. The number of rotatable bonds is 5. The third-order valence-corrected chi connectivity index (χ3v) is 3.47. The number of nitrogens with one attached hydrogen (secondary N) is 1. The number of amides is 1. The van der Waals surface area contributed by atoms with E-state index in [-0.39, 0.29) is 18.3 Å². The van der Waals surface area contributed by atoms with E-state index in [9.17, 15) is 9.90 Å². The highest BCUT2D eigenvalue weighted by atomic mass is 16.5. The van der Waals surface area contributed by atoms with Crippen LogP contribution in [0.3, 0.4) is 0 Å². The van der Waals surface area contributed by atoms with Crippen LogP contribution in [0, 0.1) is 5.92 Å². The van der Waals surface area contributed by atoms with Crippen molar-refractivity contribution in [1.82, 2.24) is 5.32 Å². The van der Waals surface area contributed by atoms with Gasteiger partial charge >= 0.3 is 0 Å². The molecule has 20 heavy (non-hydrogen) atoms. The fraction of sp³-hybridized carbons (Fsp3) is 0.312. The summed E-state index contributed by atoms with van der Waals surface area (Å²) in [4.78, 5) is 11.6. The van der Waals surface area contributed by atoms with E-state index in [0.717, 1.165) is 17.3 Å². The fourth-order valence-corrected chi connectivity index (χ4v) is 2.10. The number of aromatic hydroxyl groups is 1. The SMILES string of the molecule is O=C(COc1cc2ccccc2cc1O)NCC1CC1. The third kappa shape index (κ3) is 3.02. The fourth-order valence-electron chi connectivity index (χ4n) is 2.10. The quantitative estimate of drug-likeness (QED) is 0.878. The summed E-state index contributed by atoms with van der Waals surface area (Å²) < 4.78 is 5.40. The summed E-state index contributed by atoms with van der Waals surface area (Å²) in [5.41, 5.74) is 0. The van der Waals surface area contributed by atoms with Gasteiger partial charge in [-0.3, -0.25) is 4.79 Å². The van der Waals surface area contributed by atoms with Crippen LogP contribution in [0.2, 0.25) is 0 Å². The lowest BCUT2D eigenvalue weighted by Crippen LogP contribution is -2.30. The number of fused-ring (bicyclic) bond motifs is 1. The Labute approximate surface area is 117 Å². The summed E-state index contributed by atoms with van der Waals surface area (Å²) in [6.45, 7) is 0.657. The highest BCUT2D eigenvalue weighted by Gasteiger charge is 2.21. The molecule has 3 rings (SSSR count). The summed E-state index contributed by atoms with van der Waals surface area (Å²) >= 11 is 0. The van der Waals surface area contributed by atoms with Crippen molar-refractivity contribution in [3.63, 3.8) is 0 Å². The van der Waals surface area contributed by atoms with Crippen LogP contribution in [0.1, 0.15) is 12.8 Å². The second-order valence-electron chi connectivity index (χ2n) is 5.20. The molecule has 1 amide bonds. The van der Waals surface area contributed by atoms with Gasteiger partial charge in [-0.05, 0) is 41.7 Å². The van der Waals surface area contributed by atoms with Crippen molar-refractivity contribution in [2.75, 3.05) is 13.2 Å². The van der Waals surface area contributed by atoms with Crippen LogP contribution in [-0.4, -0.2) is 24.2 Å². The highest BCUT2D eigenvalue weighted by molar-refractivity contribution is 5.86. The number of hydrogen-bond acceptors (Lipinski definition) is 3. The standard InChI is InChI=1S/C16H17NO3/c18-14-7-12-3-1-2-4-13(12)8-15(14)20-10-16(19)17-9-11-5-6-11/h1-4,7-8,11,18H,5-6,9-10H2,(H,17,19). The molecule has 104 valence electrons. The van der Waals surface area contributed by atoms with Gasteiger partial charge in [0.1, 0.15) is 0 Å². The number of hydrogen-bond donors (Lipinski definition) is 2. The van der Waals surface area contributed by atoms with Crippen molar-refractivity contribution in [2.24, 2.45) is 5.92 Å². The molecule has 0 bridgehead atoms. The number of phenols is 1. The number of benzene rings is 2. The van der Waals surface area contributed by atoms with Crippen LogP contribution in [0.5, 0.6) is 11.5 Å². The molecule has 2 aromatic carbocycles. The second-order valence-corrected chi connectivity index (χ2v) is 5.20.